The Labute approximate surface area is 137 Å². The van der Waals surface area contributed by atoms with Gasteiger partial charge in [0.25, 0.3) is 0 Å². The zero-order chi connectivity index (χ0) is 14.0. The molecule has 1 unspecified atom stereocenters. The van der Waals surface area contributed by atoms with Crippen molar-refractivity contribution >= 4 is 47.8 Å². The highest BCUT2D eigenvalue weighted by atomic mass is 79.9. The quantitative estimate of drug-likeness (QED) is 0.713. The molecule has 0 heterocycles. The summed E-state index contributed by atoms with van der Waals surface area (Å²) in [6, 6.07) is 11.6. The molecule has 2 rings (SSSR count). The molecule has 0 spiro atoms. The number of benzene rings is 2. The van der Waals surface area contributed by atoms with Crippen LogP contribution >= 0.6 is 47.8 Å². The molecule has 0 radical (unpaired) electrons. The van der Waals surface area contributed by atoms with Crippen LogP contribution in [0.5, 0.6) is 5.75 Å². The molecule has 0 aliphatic heterocycles. The SMILES string of the molecule is COc1cc(Br)ccc1C(N)c1cc(Br)ccc1Br. The molecule has 0 aliphatic rings. The number of methoxy groups -OCH3 is 1. The first-order valence-corrected chi connectivity index (χ1v) is 7.95. The van der Waals surface area contributed by atoms with Gasteiger partial charge < -0.3 is 10.5 Å². The van der Waals surface area contributed by atoms with Gasteiger partial charge in [-0.2, -0.15) is 0 Å². The van der Waals surface area contributed by atoms with Gasteiger partial charge in [-0.05, 0) is 35.9 Å². The first-order chi connectivity index (χ1) is 9.02. The fourth-order valence-electron chi connectivity index (χ4n) is 1.86. The van der Waals surface area contributed by atoms with E-state index >= 15 is 0 Å². The average molecular weight is 450 g/mol. The van der Waals surface area contributed by atoms with E-state index in [1.165, 1.54) is 0 Å². The van der Waals surface area contributed by atoms with E-state index in [0.29, 0.717) is 0 Å². The van der Waals surface area contributed by atoms with Crippen LogP contribution in [-0.4, -0.2) is 7.11 Å². The molecule has 2 N–H and O–H groups in total. The number of ether oxygens (including phenoxy) is 1. The Bertz CT molecular complexity index is 601. The lowest BCUT2D eigenvalue weighted by Crippen LogP contribution is -2.13. The topological polar surface area (TPSA) is 35.2 Å². The molecule has 0 saturated heterocycles. The van der Waals surface area contributed by atoms with Crippen molar-refractivity contribution in [2.24, 2.45) is 5.73 Å². The van der Waals surface area contributed by atoms with Crippen molar-refractivity contribution in [2.45, 2.75) is 6.04 Å². The van der Waals surface area contributed by atoms with Gasteiger partial charge in [0.1, 0.15) is 5.75 Å². The number of rotatable bonds is 3. The lowest BCUT2D eigenvalue weighted by molar-refractivity contribution is 0.407. The minimum Gasteiger partial charge on any atom is -0.496 e. The molecule has 2 nitrogen and oxygen atoms in total. The molecule has 0 aromatic heterocycles. The molecule has 5 heteroatoms. The minimum absolute atomic E-state index is 0.255. The number of hydrogen-bond acceptors (Lipinski definition) is 2. The molecule has 0 amide bonds. The van der Waals surface area contributed by atoms with Gasteiger partial charge in [-0.3, -0.25) is 0 Å². The third-order valence-electron chi connectivity index (χ3n) is 2.82. The zero-order valence-corrected chi connectivity index (χ0v) is 14.9. The lowest BCUT2D eigenvalue weighted by Gasteiger charge is -2.18. The molecule has 0 saturated carbocycles. The van der Waals surface area contributed by atoms with E-state index in [1.807, 2.05) is 36.4 Å². The number of nitrogens with two attached hydrogens (primary N) is 1. The first-order valence-electron chi connectivity index (χ1n) is 5.57. The van der Waals surface area contributed by atoms with Crippen molar-refractivity contribution in [3.63, 3.8) is 0 Å². The van der Waals surface area contributed by atoms with Crippen LogP contribution in [0.4, 0.5) is 0 Å². The van der Waals surface area contributed by atoms with Crippen LogP contribution in [0.25, 0.3) is 0 Å². The van der Waals surface area contributed by atoms with Crippen molar-refractivity contribution in [3.05, 3.63) is 60.9 Å². The zero-order valence-electron chi connectivity index (χ0n) is 10.2. The molecule has 1 atom stereocenters. The summed E-state index contributed by atoms with van der Waals surface area (Å²) in [6.45, 7) is 0. The second-order valence-corrected chi connectivity index (χ2v) is 6.72. The number of hydrogen-bond donors (Lipinski definition) is 1. The number of halogens is 3. The summed E-state index contributed by atoms with van der Waals surface area (Å²) < 4.78 is 8.35. The van der Waals surface area contributed by atoms with Gasteiger partial charge in [0.15, 0.2) is 0 Å². The molecular formula is C14H12Br3NO. The fourth-order valence-corrected chi connectivity index (χ4v) is 3.07. The van der Waals surface area contributed by atoms with E-state index in [1.54, 1.807) is 7.11 Å². The summed E-state index contributed by atoms with van der Waals surface area (Å²) in [6.07, 6.45) is 0. The second kappa shape index (κ2) is 6.39. The Morgan fingerprint density at radius 3 is 2.26 bits per heavy atom. The van der Waals surface area contributed by atoms with E-state index in [-0.39, 0.29) is 6.04 Å². The predicted molar refractivity (Wildman–Crippen MR) is 88.6 cm³/mol. The summed E-state index contributed by atoms with van der Waals surface area (Å²) >= 11 is 10.4. The van der Waals surface area contributed by atoms with Crippen LogP contribution in [0.1, 0.15) is 17.2 Å². The molecule has 2 aromatic rings. The normalized spacial score (nSPS) is 12.3. The highest BCUT2D eigenvalue weighted by molar-refractivity contribution is 9.11. The third kappa shape index (κ3) is 3.40. The molecule has 19 heavy (non-hydrogen) atoms. The minimum atomic E-state index is -0.255. The summed E-state index contributed by atoms with van der Waals surface area (Å²) in [5.41, 5.74) is 8.32. The Balaban J connectivity index is 2.49. The average Bonchev–Trinajstić information content (AvgIpc) is 2.40. The second-order valence-electron chi connectivity index (χ2n) is 4.03. The van der Waals surface area contributed by atoms with Gasteiger partial charge in [-0.1, -0.05) is 53.9 Å². The Hall–Kier alpha value is -0.360. The molecule has 0 bridgehead atoms. The van der Waals surface area contributed by atoms with Gasteiger partial charge in [-0.15, -0.1) is 0 Å². The van der Waals surface area contributed by atoms with E-state index < -0.39 is 0 Å². The van der Waals surface area contributed by atoms with Crippen molar-refractivity contribution in [1.29, 1.82) is 0 Å². The Kier molecular flexibility index (Phi) is 5.06. The van der Waals surface area contributed by atoms with Crippen molar-refractivity contribution in [1.82, 2.24) is 0 Å². The van der Waals surface area contributed by atoms with Gasteiger partial charge in [-0.25, -0.2) is 0 Å². The van der Waals surface area contributed by atoms with E-state index in [2.05, 4.69) is 47.8 Å². The van der Waals surface area contributed by atoms with Gasteiger partial charge >= 0.3 is 0 Å². The standard InChI is InChI=1S/C14H12Br3NO/c1-19-13-7-9(16)2-4-10(13)14(18)11-6-8(15)3-5-12(11)17/h2-7,14H,18H2,1H3. The Morgan fingerprint density at radius 1 is 0.947 bits per heavy atom. The van der Waals surface area contributed by atoms with Gasteiger partial charge in [0, 0.05) is 19.0 Å². The van der Waals surface area contributed by atoms with E-state index in [4.69, 9.17) is 10.5 Å². The van der Waals surface area contributed by atoms with Gasteiger partial charge in [0.2, 0.25) is 0 Å². The first kappa shape index (κ1) is 15.0. The molecular weight excluding hydrogens is 438 g/mol. The van der Waals surface area contributed by atoms with Crippen LogP contribution in [0, 0.1) is 0 Å². The third-order valence-corrected chi connectivity index (χ3v) is 4.53. The largest absolute Gasteiger partial charge is 0.496 e. The Morgan fingerprint density at radius 2 is 1.58 bits per heavy atom. The van der Waals surface area contributed by atoms with E-state index in [9.17, 15) is 0 Å². The monoisotopic (exact) mass is 447 g/mol. The van der Waals surface area contributed by atoms with Crippen LogP contribution < -0.4 is 10.5 Å². The molecule has 0 fully saturated rings. The maximum atomic E-state index is 6.37. The fraction of sp³-hybridized carbons (Fsp3) is 0.143. The summed E-state index contributed by atoms with van der Waals surface area (Å²) in [5, 5.41) is 0. The highest BCUT2D eigenvalue weighted by Gasteiger charge is 2.17. The smallest absolute Gasteiger partial charge is 0.125 e. The maximum absolute atomic E-state index is 6.37. The van der Waals surface area contributed by atoms with Crippen molar-refractivity contribution in [3.8, 4) is 5.75 Å². The summed E-state index contributed by atoms with van der Waals surface area (Å²) in [4.78, 5) is 0. The van der Waals surface area contributed by atoms with Crippen LogP contribution in [-0.2, 0) is 0 Å². The van der Waals surface area contributed by atoms with Crippen LogP contribution in [0.15, 0.2) is 49.8 Å². The van der Waals surface area contributed by atoms with Crippen LogP contribution in [0.2, 0.25) is 0 Å². The van der Waals surface area contributed by atoms with Crippen LogP contribution in [0.3, 0.4) is 0 Å². The highest BCUT2D eigenvalue weighted by Crippen LogP contribution is 2.34. The maximum Gasteiger partial charge on any atom is 0.125 e. The summed E-state index contributed by atoms with van der Waals surface area (Å²) in [7, 11) is 1.65. The van der Waals surface area contributed by atoms with Crippen molar-refractivity contribution < 1.29 is 4.74 Å². The summed E-state index contributed by atoms with van der Waals surface area (Å²) in [5.74, 6) is 0.772. The van der Waals surface area contributed by atoms with Crippen molar-refractivity contribution in [2.75, 3.05) is 7.11 Å². The molecule has 0 aliphatic carbocycles. The lowest BCUT2D eigenvalue weighted by atomic mass is 9.99. The molecule has 100 valence electrons. The van der Waals surface area contributed by atoms with E-state index in [0.717, 1.165) is 30.3 Å². The van der Waals surface area contributed by atoms with Gasteiger partial charge in [0.05, 0.1) is 13.2 Å². The molecule has 2 aromatic carbocycles. The predicted octanol–water partition coefficient (Wildman–Crippen LogP) is 5.03.